The number of nitrogen functional groups attached to an aromatic ring is 1. The van der Waals surface area contributed by atoms with Crippen molar-refractivity contribution in [1.82, 2.24) is 0 Å². The average Bonchev–Trinajstić information content (AvgIpc) is 2.40. The van der Waals surface area contributed by atoms with Crippen LogP contribution in [0.2, 0.25) is 0 Å². The Labute approximate surface area is 111 Å². The van der Waals surface area contributed by atoms with E-state index in [2.05, 4.69) is 0 Å². The zero-order valence-electron chi connectivity index (χ0n) is 10.9. The van der Waals surface area contributed by atoms with Crippen molar-refractivity contribution in [2.24, 2.45) is 0 Å². The number of ether oxygens (including phenoxy) is 2. The molecule has 0 aliphatic carbocycles. The Morgan fingerprint density at radius 2 is 1.89 bits per heavy atom. The lowest BCUT2D eigenvalue weighted by Gasteiger charge is -2.12. The van der Waals surface area contributed by atoms with Gasteiger partial charge in [0.1, 0.15) is 12.4 Å². The summed E-state index contributed by atoms with van der Waals surface area (Å²) in [6.45, 7) is 2.20. The van der Waals surface area contributed by atoms with Crippen LogP contribution in [-0.4, -0.2) is 7.11 Å². The first kappa shape index (κ1) is 13.2. The zero-order valence-corrected chi connectivity index (χ0v) is 10.9. The number of rotatable bonds is 4. The molecule has 100 valence electrons. The van der Waals surface area contributed by atoms with E-state index in [1.165, 1.54) is 12.1 Å². The van der Waals surface area contributed by atoms with Gasteiger partial charge in [0.2, 0.25) is 0 Å². The Hall–Kier alpha value is -2.23. The molecule has 2 rings (SSSR count). The van der Waals surface area contributed by atoms with Crippen molar-refractivity contribution in [3.63, 3.8) is 0 Å². The van der Waals surface area contributed by atoms with Crippen LogP contribution in [0.4, 0.5) is 10.1 Å². The molecule has 0 aliphatic rings. The van der Waals surface area contributed by atoms with Crippen LogP contribution >= 0.6 is 0 Å². The van der Waals surface area contributed by atoms with Crippen molar-refractivity contribution in [2.45, 2.75) is 13.5 Å². The molecule has 0 atom stereocenters. The van der Waals surface area contributed by atoms with Gasteiger partial charge in [-0.2, -0.15) is 0 Å². The molecule has 4 heteroatoms. The molecule has 19 heavy (non-hydrogen) atoms. The highest BCUT2D eigenvalue weighted by Crippen LogP contribution is 2.29. The van der Waals surface area contributed by atoms with Crippen LogP contribution in [0.25, 0.3) is 0 Å². The quantitative estimate of drug-likeness (QED) is 0.859. The van der Waals surface area contributed by atoms with Crippen molar-refractivity contribution < 1.29 is 13.9 Å². The largest absolute Gasteiger partial charge is 0.493 e. The second kappa shape index (κ2) is 5.61. The minimum atomic E-state index is -0.270. The highest BCUT2D eigenvalue weighted by Gasteiger charge is 2.07. The number of aryl methyl sites for hydroxylation is 1. The molecular weight excluding hydrogens is 245 g/mol. The lowest BCUT2D eigenvalue weighted by Crippen LogP contribution is -2.00. The van der Waals surface area contributed by atoms with Crippen LogP contribution < -0.4 is 15.2 Å². The van der Waals surface area contributed by atoms with E-state index in [1.54, 1.807) is 31.4 Å². The third kappa shape index (κ3) is 3.16. The predicted molar refractivity (Wildman–Crippen MR) is 72.9 cm³/mol. The van der Waals surface area contributed by atoms with E-state index in [0.29, 0.717) is 17.2 Å². The van der Waals surface area contributed by atoms with Gasteiger partial charge in [-0.3, -0.25) is 0 Å². The summed E-state index contributed by atoms with van der Waals surface area (Å²) in [5.41, 5.74) is 8.06. The van der Waals surface area contributed by atoms with E-state index in [4.69, 9.17) is 15.2 Å². The lowest BCUT2D eigenvalue weighted by molar-refractivity contribution is 0.283. The summed E-state index contributed by atoms with van der Waals surface area (Å²) in [5.74, 6) is 0.878. The summed E-state index contributed by atoms with van der Waals surface area (Å²) in [5, 5.41) is 0. The maximum atomic E-state index is 13.2. The van der Waals surface area contributed by atoms with Crippen molar-refractivity contribution >= 4 is 5.69 Å². The Morgan fingerprint density at radius 3 is 2.63 bits per heavy atom. The summed E-state index contributed by atoms with van der Waals surface area (Å²) in [6, 6.07) is 9.79. The van der Waals surface area contributed by atoms with Crippen molar-refractivity contribution in [3.8, 4) is 11.5 Å². The first-order valence-electron chi connectivity index (χ1n) is 5.91. The number of hydrogen-bond donors (Lipinski definition) is 1. The Kier molecular flexibility index (Phi) is 3.90. The van der Waals surface area contributed by atoms with Crippen molar-refractivity contribution in [2.75, 3.05) is 12.8 Å². The molecule has 2 N–H and O–H groups in total. The van der Waals surface area contributed by atoms with Crippen LogP contribution in [0.3, 0.4) is 0 Å². The third-order valence-electron chi connectivity index (χ3n) is 2.88. The maximum absolute atomic E-state index is 13.2. The molecule has 0 aromatic heterocycles. The molecule has 0 fully saturated rings. The fraction of sp³-hybridized carbons (Fsp3) is 0.200. The van der Waals surface area contributed by atoms with Crippen LogP contribution in [0.5, 0.6) is 11.5 Å². The Balaban J connectivity index is 2.16. The first-order valence-corrected chi connectivity index (χ1v) is 5.91. The average molecular weight is 261 g/mol. The Bertz CT molecular complexity index is 584. The van der Waals surface area contributed by atoms with Crippen LogP contribution in [-0.2, 0) is 6.61 Å². The topological polar surface area (TPSA) is 44.5 Å². The number of anilines is 1. The summed E-state index contributed by atoms with van der Waals surface area (Å²) in [7, 11) is 1.55. The molecule has 0 aliphatic heterocycles. The van der Waals surface area contributed by atoms with Gasteiger partial charge in [-0.05, 0) is 42.3 Å². The number of methoxy groups -OCH3 is 1. The van der Waals surface area contributed by atoms with Crippen molar-refractivity contribution in [3.05, 3.63) is 53.3 Å². The molecule has 0 saturated heterocycles. The van der Waals surface area contributed by atoms with Gasteiger partial charge in [0.15, 0.2) is 11.5 Å². The zero-order chi connectivity index (χ0) is 13.8. The molecule has 2 aromatic carbocycles. The fourth-order valence-corrected chi connectivity index (χ4v) is 1.75. The number of hydrogen-bond acceptors (Lipinski definition) is 3. The molecule has 0 radical (unpaired) electrons. The van der Waals surface area contributed by atoms with Gasteiger partial charge in [0, 0.05) is 11.8 Å². The molecule has 0 spiro atoms. The second-order valence-electron chi connectivity index (χ2n) is 4.27. The third-order valence-corrected chi connectivity index (χ3v) is 2.88. The number of halogens is 1. The summed E-state index contributed by atoms with van der Waals surface area (Å²) >= 11 is 0. The van der Waals surface area contributed by atoms with E-state index in [9.17, 15) is 4.39 Å². The van der Waals surface area contributed by atoms with Gasteiger partial charge < -0.3 is 15.2 Å². The molecule has 0 amide bonds. The van der Waals surface area contributed by atoms with Gasteiger partial charge in [-0.15, -0.1) is 0 Å². The van der Waals surface area contributed by atoms with E-state index in [-0.39, 0.29) is 12.4 Å². The molecule has 0 heterocycles. The monoisotopic (exact) mass is 261 g/mol. The minimum Gasteiger partial charge on any atom is -0.493 e. The van der Waals surface area contributed by atoms with Gasteiger partial charge in [0.05, 0.1) is 7.11 Å². The fourth-order valence-electron chi connectivity index (χ4n) is 1.75. The first-order chi connectivity index (χ1) is 9.10. The minimum absolute atomic E-state index is 0.270. The van der Waals surface area contributed by atoms with Gasteiger partial charge >= 0.3 is 0 Å². The summed E-state index contributed by atoms with van der Waals surface area (Å²) in [4.78, 5) is 0. The number of benzene rings is 2. The molecule has 0 unspecified atom stereocenters. The lowest BCUT2D eigenvalue weighted by atomic mass is 10.1. The molecule has 3 nitrogen and oxygen atoms in total. The second-order valence-corrected chi connectivity index (χ2v) is 4.27. The highest BCUT2D eigenvalue weighted by molar-refractivity contribution is 5.52. The molecular formula is C15H16FNO2. The van der Waals surface area contributed by atoms with E-state index in [1.807, 2.05) is 6.92 Å². The van der Waals surface area contributed by atoms with Gasteiger partial charge in [-0.25, -0.2) is 4.39 Å². The molecule has 0 bridgehead atoms. The summed E-state index contributed by atoms with van der Waals surface area (Å²) in [6.07, 6.45) is 0. The van der Waals surface area contributed by atoms with E-state index in [0.717, 1.165) is 11.1 Å². The van der Waals surface area contributed by atoms with E-state index >= 15 is 0 Å². The SMILES string of the molecule is COc1cc(N)ccc1OCc1cc(F)ccc1C. The molecule has 2 aromatic rings. The van der Waals surface area contributed by atoms with Crippen molar-refractivity contribution in [1.29, 1.82) is 0 Å². The highest BCUT2D eigenvalue weighted by atomic mass is 19.1. The van der Waals surface area contributed by atoms with Gasteiger partial charge in [0.25, 0.3) is 0 Å². The Morgan fingerprint density at radius 1 is 1.11 bits per heavy atom. The standard InChI is InChI=1S/C15H16FNO2/c1-10-3-4-12(16)7-11(10)9-19-14-6-5-13(17)8-15(14)18-2/h3-8H,9,17H2,1-2H3. The maximum Gasteiger partial charge on any atom is 0.162 e. The van der Waals surface area contributed by atoms with Gasteiger partial charge in [-0.1, -0.05) is 6.07 Å². The predicted octanol–water partition coefficient (Wildman–Crippen LogP) is 3.30. The molecule has 0 saturated carbocycles. The van der Waals surface area contributed by atoms with Crippen LogP contribution in [0.1, 0.15) is 11.1 Å². The normalized spacial score (nSPS) is 10.3. The number of nitrogens with two attached hydrogens (primary N) is 1. The summed E-state index contributed by atoms with van der Waals surface area (Å²) < 4.78 is 24.0. The smallest absolute Gasteiger partial charge is 0.162 e. The van der Waals surface area contributed by atoms with E-state index < -0.39 is 0 Å². The van der Waals surface area contributed by atoms with Crippen LogP contribution in [0, 0.1) is 12.7 Å². The van der Waals surface area contributed by atoms with Crippen LogP contribution in [0.15, 0.2) is 36.4 Å².